The zero-order valence-electron chi connectivity index (χ0n) is 17.2. The largest absolute Gasteiger partial charge is 0.280 e. The Morgan fingerprint density at radius 2 is 1.85 bits per heavy atom. The third-order valence-electron chi connectivity index (χ3n) is 4.91. The molecule has 2 heterocycles. The van der Waals surface area contributed by atoms with Crippen molar-refractivity contribution in [3.63, 3.8) is 0 Å². The number of hydrogen-bond acceptors (Lipinski definition) is 8. The third-order valence-corrected chi connectivity index (χ3v) is 6.70. The molecule has 0 unspecified atom stereocenters. The van der Waals surface area contributed by atoms with Crippen LogP contribution < -0.4 is 5.01 Å². The van der Waals surface area contributed by atoms with E-state index in [9.17, 15) is 14.9 Å². The number of carbonyl (C=O) groups is 1. The molecule has 0 aliphatic rings. The fourth-order valence-electron chi connectivity index (χ4n) is 3.22. The number of non-ortho nitro benzene ring substituents is 1. The molecule has 0 aliphatic heterocycles. The first-order valence-electron chi connectivity index (χ1n) is 9.81. The number of aromatic nitrogens is 2. The van der Waals surface area contributed by atoms with E-state index >= 15 is 0 Å². The summed E-state index contributed by atoms with van der Waals surface area (Å²) in [5, 5.41) is 17.0. The van der Waals surface area contributed by atoms with Gasteiger partial charge in [0.2, 0.25) is 5.13 Å². The molecule has 0 fully saturated rings. The number of nitro groups is 1. The summed E-state index contributed by atoms with van der Waals surface area (Å²) in [5.74, 6) is -0.334. The number of carbonyl (C=O) groups excluding carboxylic acids is 1. The highest BCUT2D eigenvalue weighted by Crippen LogP contribution is 2.31. The lowest BCUT2D eigenvalue weighted by Gasteiger charge is -2.14. The Balaban J connectivity index is 1.55. The Hall–Kier alpha value is -4.02. The van der Waals surface area contributed by atoms with Gasteiger partial charge in [0.25, 0.3) is 11.6 Å². The van der Waals surface area contributed by atoms with Gasteiger partial charge in [0, 0.05) is 17.7 Å². The summed E-state index contributed by atoms with van der Waals surface area (Å²) in [5.41, 5.74) is 5.51. The number of benzene rings is 3. The maximum absolute atomic E-state index is 13.5. The zero-order valence-corrected chi connectivity index (χ0v) is 18.8. The number of fused-ring (bicyclic) bond motifs is 2. The second-order valence-corrected chi connectivity index (χ2v) is 9.11. The van der Waals surface area contributed by atoms with Crippen molar-refractivity contribution >= 4 is 66.0 Å². The molecule has 0 saturated carbocycles. The first-order valence-corrected chi connectivity index (χ1v) is 11.5. The number of thiazole rings is 2. The Morgan fingerprint density at radius 1 is 1.06 bits per heavy atom. The summed E-state index contributed by atoms with van der Waals surface area (Å²) >= 11 is 2.83. The summed E-state index contributed by atoms with van der Waals surface area (Å²) in [6, 6.07) is 17.2. The van der Waals surface area contributed by atoms with Crippen molar-refractivity contribution in [2.45, 2.75) is 6.92 Å². The van der Waals surface area contributed by atoms with Crippen LogP contribution in [-0.4, -0.2) is 27.0 Å². The molecule has 5 aromatic rings. The van der Waals surface area contributed by atoms with Gasteiger partial charge in [-0.15, -0.1) is 11.3 Å². The van der Waals surface area contributed by atoms with E-state index in [1.165, 1.54) is 46.0 Å². The number of anilines is 1. The molecule has 8 nitrogen and oxygen atoms in total. The summed E-state index contributed by atoms with van der Waals surface area (Å²) < 4.78 is 1.85. The molecule has 0 aliphatic carbocycles. The highest BCUT2D eigenvalue weighted by Gasteiger charge is 2.22. The van der Waals surface area contributed by atoms with Gasteiger partial charge < -0.3 is 0 Å². The van der Waals surface area contributed by atoms with Gasteiger partial charge in [-0.2, -0.15) is 10.1 Å². The first-order chi connectivity index (χ1) is 16.0. The Bertz CT molecular complexity index is 1540. The second kappa shape index (κ2) is 8.49. The molecule has 0 radical (unpaired) electrons. The van der Waals surface area contributed by atoms with Crippen molar-refractivity contribution in [1.82, 2.24) is 9.97 Å². The number of hydrazone groups is 1. The lowest BCUT2D eigenvalue weighted by Crippen LogP contribution is -2.25. The molecule has 0 bridgehead atoms. The van der Waals surface area contributed by atoms with Crippen LogP contribution >= 0.6 is 22.7 Å². The van der Waals surface area contributed by atoms with Crippen LogP contribution in [0.5, 0.6) is 0 Å². The predicted molar refractivity (Wildman–Crippen MR) is 131 cm³/mol. The monoisotopic (exact) mass is 473 g/mol. The topological polar surface area (TPSA) is 102 Å². The fourth-order valence-corrected chi connectivity index (χ4v) is 4.95. The molecule has 0 spiro atoms. The predicted octanol–water partition coefficient (Wildman–Crippen LogP) is 5.80. The van der Waals surface area contributed by atoms with Gasteiger partial charge in [-0.1, -0.05) is 17.4 Å². The smallest absolute Gasteiger partial charge is 0.267 e. The van der Waals surface area contributed by atoms with Crippen molar-refractivity contribution in [2.24, 2.45) is 5.10 Å². The van der Waals surface area contributed by atoms with Crippen LogP contribution in [0.1, 0.15) is 21.5 Å². The van der Waals surface area contributed by atoms with Crippen LogP contribution in [0.4, 0.5) is 10.8 Å². The van der Waals surface area contributed by atoms with E-state index in [2.05, 4.69) is 15.1 Å². The highest BCUT2D eigenvalue weighted by molar-refractivity contribution is 7.22. The summed E-state index contributed by atoms with van der Waals surface area (Å²) in [7, 11) is 0. The third kappa shape index (κ3) is 4.21. The molecule has 5 rings (SSSR count). The van der Waals surface area contributed by atoms with Crippen molar-refractivity contribution in [2.75, 3.05) is 5.01 Å². The van der Waals surface area contributed by atoms with Crippen LogP contribution in [0.2, 0.25) is 0 Å². The molecule has 0 atom stereocenters. The normalized spacial score (nSPS) is 11.4. The maximum atomic E-state index is 13.5. The molecule has 3 aromatic carbocycles. The quantitative estimate of drug-likeness (QED) is 0.182. The van der Waals surface area contributed by atoms with Gasteiger partial charge in [0.05, 0.1) is 37.1 Å². The van der Waals surface area contributed by atoms with E-state index < -0.39 is 4.92 Å². The highest BCUT2D eigenvalue weighted by atomic mass is 32.1. The molecule has 1 amide bonds. The fraction of sp³-hybridized carbons (Fsp3) is 0.0435. The molecule has 0 N–H and O–H groups in total. The number of hydrogen-bond donors (Lipinski definition) is 0. The SMILES string of the molecule is Cc1ccc2nc(N(/N=C/c3ccc([N+](=O)[O-])cc3)C(=O)c3ccc4ncsc4c3)sc2c1. The Labute approximate surface area is 195 Å². The van der Waals surface area contributed by atoms with Crippen LogP contribution in [0.15, 0.2) is 71.3 Å². The van der Waals surface area contributed by atoms with Gasteiger partial charge in [0.1, 0.15) is 0 Å². The first kappa shape index (κ1) is 20.9. The van der Waals surface area contributed by atoms with E-state index in [1.54, 1.807) is 35.8 Å². The number of amides is 1. The van der Waals surface area contributed by atoms with Crippen LogP contribution in [-0.2, 0) is 0 Å². The molecule has 162 valence electrons. The summed E-state index contributed by atoms with van der Waals surface area (Å²) in [6.45, 7) is 2.00. The van der Waals surface area contributed by atoms with E-state index in [4.69, 9.17) is 0 Å². The van der Waals surface area contributed by atoms with Gasteiger partial charge in [-0.25, -0.2) is 9.97 Å². The Kier molecular flexibility index (Phi) is 5.37. The molecular weight excluding hydrogens is 458 g/mol. The van der Waals surface area contributed by atoms with Crippen molar-refractivity contribution in [1.29, 1.82) is 0 Å². The number of nitro benzene ring substituents is 1. The second-order valence-electron chi connectivity index (χ2n) is 7.21. The number of nitrogens with zero attached hydrogens (tertiary/aromatic N) is 5. The molecular formula is C23H15N5O3S2. The summed E-state index contributed by atoms with van der Waals surface area (Å²) in [4.78, 5) is 32.8. The van der Waals surface area contributed by atoms with Gasteiger partial charge in [-0.05, 0) is 60.5 Å². The van der Waals surface area contributed by atoms with Gasteiger partial charge >= 0.3 is 0 Å². The lowest BCUT2D eigenvalue weighted by molar-refractivity contribution is -0.384. The molecule has 33 heavy (non-hydrogen) atoms. The minimum atomic E-state index is -0.463. The average Bonchev–Trinajstić information content (AvgIpc) is 3.45. The average molecular weight is 474 g/mol. The van der Waals surface area contributed by atoms with E-state index in [0.29, 0.717) is 16.3 Å². The number of aryl methyl sites for hydroxylation is 1. The summed E-state index contributed by atoms with van der Waals surface area (Å²) in [6.07, 6.45) is 1.49. The van der Waals surface area contributed by atoms with E-state index in [1.807, 2.05) is 25.1 Å². The zero-order chi connectivity index (χ0) is 22.9. The van der Waals surface area contributed by atoms with Gasteiger partial charge in [-0.3, -0.25) is 14.9 Å². The Morgan fingerprint density at radius 3 is 2.64 bits per heavy atom. The van der Waals surface area contributed by atoms with Crippen LogP contribution in [0, 0.1) is 17.0 Å². The minimum absolute atomic E-state index is 0.0144. The molecule has 2 aromatic heterocycles. The van der Waals surface area contributed by atoms with Crippen LogP contribution in [0.25, 0.3) is 20.4 Å². The minimum Gasteiger partial charge on any atom is -0.267 e. The number of rotatable bonds is 5. The maximum Gasteiger partial charge on any atom is 0.280 e. The van der Waals surface area contributed by atoms with Crippen LogP contribution in [0.3, 0.4) is 0 Å². The van der Waals surface area contributed by atoms with Crippen molar-refractivity contribution in [3.05, 3.63) is 93.0 Å². The lowest BCUT2D eigenvalue weighted by atomic mass is 10.2. The molecule has 0 saturated heterocycles. The molecule has 10 heteroatoms. The standard InChI is InChI=1S/C23H15N5O3S2/c1-14-2-8-19-21(10-14)33-23(26-19)27(25-12-15-3-6-17(7-4-15)28(30)31)22(29)16-5-9-18-20(11-16)32-13-24-18/h2-13H,1H3/b25-12+. The van der Waals surface area contributed by atoms with Crippen molar-refractivity contribution < 1.29 is 9.72 Å². The van der Waals surface area contributed by atoms with Crippen molar-refractivity contribution in [3.8, 4) is 0 Å². The van der Waals surface area contributed by atoms with E-state index in [0.717, 1.165) is 26.0 Å². The van der Waals surface area contributed by atoms with E-state index in [-0.39, 0.29) is 11.6 Å². The van der Waals surface area contributed by atoms with Gasteiger partial charge in [0.15, 0.2) is 0 Å².